The number of hydrogen-bond donors (Lipinski definition) is 1. The van der Waals surface area contributed by atoms with E-state index in [0.717, 1.165) is 26.4 Å². The number of hydrogen-bond acceptors (Lipinski definition) is 7. The van der Waals surface area contributed by atoms with Gasteiger partial charge >= 0.3 is 0 Å². The lowest BCUT2D eigenvalue weighted by Gasteiger charge is -2.03. The number of aromatic nitrogens is 8. The fraction of sp³-hybridized carbons (Fsp3) is 0.176. The second-order valence-corrected chi connectivity index (χ2v) is 7.23. The van der Waals surface area contributed by atoms with Gasteiger partial charge in [-0.15, -0.1) is 11.3 Å². The maximum absolute atomic E-state index is 12.9. The smallest absolute Gasteiger partial charge is 0.291 e. The highest BCUT2D eigenvalue weighted by atomic mass is 32.1. The summed E-state index contributed by atoms with van der Waals surface area (Å²) in [6.07, 6.45) is 5.74. The molecule has 1 N–H and O–H groups in total. The first-order valence-corrected chi connectivity index (χ1v) is 9.11. The Morgan fingerprint density at radius 3 is 2.93 bits per heavy atom. The van der Waals surface area contributed by atoms with Gasteiger partial charge in [-0.1, -0.05) is 6.07 Å². The molecule has 0 amide bonds. The zero-order valence-electron chi connectivity index (χ0n) is 14.3. The molecule has 0 spiro atoms. The molecule has 5 heterocycles. The third kappa shape index (κ3) is 2.61. The lowest BCUT2D eigenvalue weighted by Crippen LogP contribution is -2.24. The van der Waals surface area contributed by atoms with Gasteiger partial charge in [0.1, 0.15) is 16.2 Å². The Morgan fingerprint density at radius 1 is 1.22 bits per heavy atom. The second-order valence-electron chi connectivity index (χ2n) is 6.15. The predicted molar refractivity (Wildman–Crippen MR) is 101 cm³/mol. The van der Waals surface area contributed by atoms with Gasteiger partial charge in [0.05, 0.1) is 23.6 Å². The van der Waals surface area contributed by atoms with Crippen molar-refractivity contribution in [3.63, 3.8) is 0 Å². The number of H-pyrrole nitrogens is 1. The van der Waals surface area contributed by atoms with Crippen LogP contribution in [-0.2, 0) is 20.0 Å². The van der Waals surface area contributed by atoms with Crippen molar-refractivity contribution >= 4 is 32.6 Å². The summed E-state index contributed by atoms with van der Waals surface area (Å²) in [5.74, 6) is 0. The molecule has 0 saturated carbocycles. The molecular weight excluding hydrogens is 364 g/mol. The van der Waals surface area contributed by atoms with E-state index in [2.05, 4.69) is 25.5 Å². The lowest BCUT2D eigenvalue weighted by molar-refractivity contribution is 0.631. The highest BCUT2D eigenvalue weighted by Crippen LogP contribution is 2.31. The summed E-state index contributed by atoms with van der Waals surface area (Å²) in [6.45, 7) is 0.266. The van der Waals surface area contributed by atoms with Gasteiger partial charge in [0.2, 0.25) is 0 Å². The summed E-state index contributed by atoms with van der Waals surface area (Å²) in [5, 5.41) is 16.4. The number of aromatic amines is 1. The van der Waals surface area contributed by atoms with Gasteiger partial charge in [-0.2, -0.15) is 20.5 Å². The van der Waals surface area contributed by atoms with E-state index in [9.17, 15) is 4.79 Å². The number of rotatable bonds is 4. The van der Waals surface area contributed by atoms with Crippen LogP contribution in [0.5, 0.6) is 0 Å². The Kier molecular flexibility index (Phi) is 3.57. The van der Waals surface area contributed by atoms with Crippen molar-refractivity contribution in [2.75, 3.05) is 0 Å². The van der Waals surface area contributed by atoms with E-state index < -0.39 is 0 Å². The third-order valence-corrected chi connectivity index (χ3v) is 5.48. The molecule has 0 bridgehead atoms. The summed E-state index contributed by atoms with van der Waals surface area (Å²) in [4.78, 5) is 22.0. The quantitative estimate of drug-likeness (QED) is 0.508. The molecule has 27 heavy (non-hydrogen) atoms. The van der Waals surface area contributed by atoms with E-state index in [1.54, 1.807) is 29.9 Å². The molecule has 0 atom stereocenters. The number of nitrogens with one attached hydrogen (secondary N) is 1. The fourth-order valence-corrected chi connectivity index (χ4v) is 4.25. The summed E-state index contributed by atoms with van der Waals surface area (Å²) < 4.78 is 4.20. The molecule has 5 rings (SSSR count). The largest absolute Gasteiger partial charge is 0.323 e. The van der Waals surface area contributed by atoms with Crippen LogP contribution in [0.4, 0.5) is 0 Å². The van der Waals surface area contributed by atoms with Gasteiger partial charge in [-0.3, -0.25) is 9.78 Å². The van der Waals surface area contributed by atoms with Crippen molar-refractivity contribution in [1.29, 1.82) is 0 Å². The van der Waals surface area contributed by atoms with Crippen LogP contribution in [-0.4, -0.2) is 39.7 Å². The molecule has 0 aliphatic carbocycles. The van der Waals surface area contributed by atoms with E-state index in [1.807, 2.05) is 29.8 Å². The van der Waals surface area contributed by atoms with Crippen LogP contribution in [0, 0.1) is 0 Å². The minimum Gasteiger partial charge on any atom is -0.323 e. The molecule has 0 saturated heterocycles. The molecule has 0 aliphatic heterocycles. The predicted octanol–water partition coefficient (Wildman–Crippen LogP) is 1.50. The highest BCUT2D eigenvalue weighted by Gasteiger charge is 2.18. The standard InChI is InChI=1S/C17H14N8OS/c1-24-14-12(8-20-25(17(14)26)9-11-7-19-23-22-11)15-16(24)21-13(27-15)6-10-4-2-3-5-18-10/h2-5,7-8H,6,9H2,1H3,(H,19,22,23). The molecule has 0 radical (unpaired) electrons. The molecule has 5 aromatic rings. The molecule has 5 aromatic heterocycles. The number of aryl methyl sites for hydroxylation is 1. The molecule has 0 fully saturated rings. The van der Waals surface area contributed by atoms with E-state index >= 15 is 0 Å². The summed E-state index contributed by atoms with van der Waals surface area (Å²) in [7, 11) is 1.86. The topological polar surface area (TPSA) is 107 Å². The van der Waals surface area contributed by atoms with Gasteiger partial charge in [-0.25, -0.2) is 9.67 Å². The van der Waals surface area contributed by atoms with E-state index in [0.29, 0.717) is 17.6 Å². The molecule has 0 aromatic carbocycles. The third-order valence-electron chi connectivity index (χ3n) is 4.40. The minimum absolute atomic E-state index is 0.172. The molecule has 0 unspecified atom stereocenters. The Hall–Kier alpha value is -3.40. The van der Waals surface area contributed by atoms with E-state index in [1.165, 1.54) is 4.68 Å². The van der Waals surface area contributed by atoms with Crippen molar-refractivity contribution in [3.8, 4) is 0 Å². The van der Waals surface area contributed by atoms with Crippen molar-refractivity contribution in [3.05, 3.63) is 63.5 Å². The van der Waals surface area contributed by atoms with Gasteiger partial charge in [0.15, 0.2) is 5.65 Å². The first-order chi connectivity index (χ1) is 13.2. The Balaban J connectivity index is 1.60. The molecule has 9 nitrogen and oxygen atoms in total. The molecule has 10 heteroatoms. The zero-order chi connectivity index (χ0) is 18.4. The Bertz CT molecular complexity index is 1300. The maximum atomic E-state index is 12.9. The first kappa shape index (κ1) is 15.8. The minimum atomic E-state index is -0.172. The van der Waals surface area contributed by atoms with Crippen LogP contribution < -0.4 is 5.56 Å². The first-order valence-electron chi connectivity index (χ1n) is 8.29. The average molecular weight is 378 g/mol. The molecular formula is C17H14N8OS. The van der Waals surface area contributed by atoms with Gasteiger partial charge in [-0.05, 0) is 12.1 Å². The second kappa shape index (κ2) is 6.09. The van der Waals surface area contributed by atoms with Crippen LogP contribution in [0.3, 0.4) is 0 Å². The maximum Gasteiger partial charge on any atom is 0.291 e. The Labute approximate surface area is 156 Å². The van der Waals surface area contributed by atoms with E-state index in [-0.39, 0.29) is 12.1 Å². The fourth-order valence-electron chi connectivity index (χ4n) is 3.13. The van der Waals surface area contributed by atoms with Crippen LogP contribution in [0.25, 0.3) is 21.3 Å². The summed E-state index contributed by atoms with van der Waals surface area (Å²) in [6, 6.07) is 5.84. The summed E-state index contributed by atoms with van der Waals surface area (Å²) in [5.41, 5.74) is 2.82. The normalized spacial score (nSPS) is 11.6. The highest BCUT2D eigenvalue weighted by molar-refractivity contribution is 7.19. The van der Waals surface area contributed by atoms with Crippen LogP contribution in [0.15, 0.2) is 41.6 Å². The van der Waals surface area contributed by atoms with Crippen molar-refractivity contribution in [2.45, 2.75) is 13.0 Å². The van der Waals surface area contributed by atoms with Crippen molar-refractivity contribution in [1.82, 2.24) is 39.7 Å². The van der Waals surface area contributed by atoms with Gasteiger partial charge in [0.25, 0.3) is 5.56 Å². The van der Waals surface area contributed by atoms with Gasteiger partial charge < -0.3 is 4.57 Å². The van der Waals surface area contributed by atoms with E-state index in [4.69, 9.17) is 4.98 Å². The van der Waals surface area contributed by atoms with Crippen LogP contribution in [0.1, 0.15) is 16.4 Å². The zero-order valence-corrected chi connectivity index (χ0v) is 15.1. The lowest BCUT2D eigenvalue weighted by atomic mass is 10.3. The van der Waals surface area contributed by atoms with Crippen molar-refractivity contribution in [2.24, 2.45) is 7.05 Å². The van der Waals surface area contributed by atoms with Crippen molar-refractivity contribution < 1.29 is 0 Å². The number of nitrogens with zero attached hydrogens (tertiary/aromatic N) is 7. The number of fused-ring (bicyclic) bond motifs is 3. The monoisotopic (exact) mass is 378 g/mol. The summed E-state index contributed by atoms with van der Waals surface area (Å²) >= 11 is 1.57. The SMILES string of the molecule is Cn1c2nc(Cc3ccccn3)sc2c2cnn(Cc3cn[nH]n3)c(=O)c21. The van der Waals surface area contributed by atoms with Gasteiger partial charge in [0, 0.05) is 30.7 Å². The number of pyridine rings is 1. The average Bonchev–Trinajstić information content (AvgIpc) is 3.38. The molecule has 0 aliphatic rings. The number of thiazole rings is 1. The molecule has 134 valence electrons. The Morgan fingerprint density at radius 2 is 2.15 bits per heavy atom. The van der Waals surface area contributed by atoms with Crippen LogP contribution >= 0.6 is 11.3 Å². The van der Waals surface area contributed by atoms with Crippen LogP contribution in [0.2, 0.25) is 0 Å².